The van der Waals surface area contributed by atoms with E-state index in [1.54, 1.807) is 0 Å². The van der Waals surface area contributed by atoms with Gasteiger partial charge in [-0.15, -0.1) is 0 Å². The summed E-state index contributed by atoms with van der Waals surface area (Å²) in [6.45, 7) is 6.61. The van der Waals surface area contributed by atoms with Gasteiger partial charge in [0.2, 0.25) is 0 Å². The Morgan fingerprint density at radius 3 is 1.28 bits per heavy atom. The van der Waals surface area contributed by atoms with E-state index in [1.807, 2.05) is 0 Å². The summed E-state index contributed by atoms with van der Waals surface area (Å²) in [6, 6.07) is 1.78. The van der Waals surface area contributed by atoms with Crippen LogP contribution in [0, 0.1) is 0 Å². The Hall–Kier alpha value is -1.48. The fourth-order valence-corrected chi connectivity index (χ4v) is 2.79. The molecule has 0 heterocycles. The molecule has 2 N–H and O–H groups in total. The Kier molecular flexibility index (Phi) is 3.77. The lowest BCUT2D eigenvalue weighted by Gasteiger charge is -2.08. The SMILES string of the molecule is C=Cc1cc(S(=O)(=O)O)c(C=C)cc1S(=O)(=O)O. The Morgan fingerprint density at radius 2 is 1.11 bits per heavy atom. The van der Waals surface area contributed by atoms with Crippen molar-refractivity contribution in [1.29, 1.82) is 0 Å². The molecule has 0 aliphatic carbocycles. The van der Waals surface area contributed by atoms with Crippen molar-refractivity contribution in [2.75, 3.05) is 0 Å². The average Bonchev–Trinajstić information content (AvgIpc) is 2.24. The molecule has 0 bridgehead atoms. The molecule has 0 spiro atoms. The van der Waals surface area contributed by atoms with Gasteiger partial charge in [-0.25, -0.2) is 0 Å². The van der Waals surface area contributed by atoms with E-state index in [9.17, 15) is 16.8 Å². The van der Waals surface area contributed by atoms with Crippen molar-refractivity contribution < 1.29 is 25.9 Å². The van der Waals surface area contributed by atoms with E-state index < -0.39 is 30.0 Å². The highest BCUT2D eigenvalue weighted by Gasteiger charge is 2.21. The van der Waals surface area contributed by atoms with Crippen molar-refractivity contribution in [3.05, 3.63) is 36.4 Å². The molecule has 1 aromatic carbocycles. The molecule has 1 rings (SSSR count). The van der Waals surface area contributed by atoms with Gasteiger partial charge in [-0.3, -0.25) is 9.11 Å². The monoisotopic (exact) mass is 290 g/mol. The normalized spacial score (nSPS) is 12.1. The molecule has 8 heteroatoms. The third-order valence-electron chi connectivity index (χ3n) is 2.14. The molecule has 0 aliphatic heterocycles. The molecular weight excluding hydrogens is 280 g/mol. The first-order valence-corrected chi connectivity index (χ1v) is 7.37. The van der Waals surface area contributed by atoms with E-state index >= 15 is 0 Å². The molecular formula is C10H10O6S2. The lowest BCUT2D eigenvalue weighted by atomic mass is 10.1. The second-order valence-electron chi connectivity index (χ2n) is 3.29. The van der Waals surface area contributed by atoms with Crippen molar-refractivity contribution >= 4 is 32.4 Å². The largest absolute Gasteiger partial charge is 0.295 e. The van der Waals surface area contributed by atoms with Gasteiger partial charge in [0.1, 0.15) is 9.79 Å². The number of rotatable bonds is 4. The molecule has 0 aromatic heterocycles. The van der Waals surface area contributed by atoms with Gasteiger partial charge >= 0.3 is 0 Å². The third-order valence-corrected chi connectivity index (χ3v) is 3.96. The molecule has 0 saturated carbocycles. The van der Waals surface area contributed by atoms with Crippen molar-refractivity contribution in [2.24, 2.45) is 0 Å². The van der Waals surface area contributed by atoms with Gasteiger partial charge in [-0.05, 0) is 23.3 Å². The molecule has 0 aliphatic rings. The fourth-order valence-electron chi connectivity index (χ4n) is 1.36. The summed E-state index contributed by atoms with van der Waals surface area (Å²) in [5.41, 5.74) is -0.286. The summed E-state index contributed by atoms with van der Waals surface area (Å²) in [7, 11) is -9.07. The van der Waals surface area contributed by atoms with Crippen LogP contribution in [0.4, 0.5) is 0 Å². The maximum atomic E-state index is 11.1. The van der Waals surface area contributed by atoms with Crippen LogP contribution in [-0.2, 0) is 20.2 Å². The smallest absolute Gasteiger partial charge is 0.282 e. The van der Waals surface area contributed by atoms with Crippen LogP contribution in [-0.4, -0.2) is 25.9 Å². The highest BCUT2D eigenvalue weighted by atomic mass is 32.2. The standard InChI is InChI=1S/C10H10O6S2/c1-3-7-5-10(18(14,15)16)8(4-2)6-9(7)17(11,12)13/h3-6H,1-2H2,(H,11,12,13)(H,14,15,16). The van der Waals surface area contributed by atoms with Crippen LogP contribution in [0.25, 0.3) is 12.2 Å². The Labute approximate surface area is 105 Å². The van der Waals surface area contributed by atoms with Gasteiger partial charge in [0, 0.05) is 0 Å². The first-order valence-electron chi connectivity index (χ1n) is 4.49. The summed E-state index contributed by atoms with van der Waals surface area (Å²) in [4.78, 5) is -1.03. The van der Waals surface area contributed by atoms with Gasteiger partial charge in [0.25, 0.3) is 20.2 Å². The minimum Gasteiger partial charge on any atom is -0.282 e. The molecule has 98 valence electrons. The zero-order chi connectivity index (χ0) is 14.1. The van der Waals surface area contributed by atoms with Gasteiger partial charge < -0.3 is 0 Å². The molecule has 0 atom stereocenters. The van der Waals surface area contributed by atoms with Crippen molar-refractivity contribution in [3.8, 4) is 0 Å². The van der Waals surface area contributed by atoms with Gasteiger partial charge in [-0.2, -0.15) is 16.8 Å². The van der Waals surface area contributed by atoms with Crippen LogP contribution in [0.5, 0.6) is 0 Å². The molecule has 0 unspecified atom stereocenters. The van der Waals surface area contributed by atoms with E-state index in [4.69, 9.17) is 9.11 Å². The van der Waals surface area contributed by atoms with Gasteiger partial charge in [0.15, 0.2) is 0 Å². The van der Waals surface area contributed by atoms with Crippen molar-refractivity contribution in [3.63, 3.8) is 0 Å². The van der Waals surface area contributed by atoms with E-state index in [2.05, 4.69) is 13.2 Å². The predicted molar refractivity (Wildman–Crippen MR) is 66.3 cm³/mol. The van der Waals surface area contributed by atoms with E-state index in [1.165, 1.54) is 0 Å². The summed E-state index contributed by atoms with van der Waals surface area (Å²) in [5, 5.41) is 0. The Morgan fingerprint density at radius 1 is 0.833 bits per heavy atom. The Balaban J connectivity index is 3.85. The average molecular weight is 290 g/mol. The molecule has 0 radical (unpaired) electrons. The second kappa shape index (κ2) is 4.65. The summed E-state index contributed by atoms with van der Waals surface area (Å²) in [5.74, 6) is 0. The minimum absolute atomic E-state index is 0.143. The van der Waals surface area contributed by atoms with Gasteiger partial charge in [0.05, 0.1) is 0 Å². The van der Waals surface area contributed by atoms with Crippen LogP contribution >= 0.6 is 0 Å². The zero-order valence-electron chi connectivity index (χ0n) is 9.07. The van der Waals surface area contributed by atoms with Crippen molar-refractivity contribution in [1.82, 2.24) is 0 Å². The lowest BCUT2D eigenvalue weighted by Crippen LogP contribution is -2.06. The maximum Gasteiger partial charge on any atom is 0.295 e. The van der Waals surface area contributed by atoms with E-state index in [-0.39, 0.29) is 11.1 Å². The molecule has 6 nitrogen and oxygen atoms in total. The Bertz CT molecular complexity index is 649. The topological polar surface area (TPSA) is 109 Å². The first kappa shape index (κ1) is 14.6. The van der Waals surface area contributed by atoms with Crippen molar-refractivity contribution in [2.45, 2.75) is 9.79 Å². The number of hydrogen-bond acceptors (Lipinski definition) is 4. The predicted octanol–water partition coefficient (Wildman–Crippen LogP) is 1.47. The number of benzene rings is 1. The summed E-state index contributed by atoms with van der Waals surface area (Å²) < 4.78 is 62.4. The molecule has 1 aromatic rings. The van der Waals surface area contributed by atoms with E-state index in [0.717, 1.165) is 24.3 Å². The molecule has 18 heavy (non-hydrogen) atoms. The maximum absolute atomic E-state index is 11.1. The lowest BCUT2D eigenvalue weighted by molar-refractivity contribution is 0.478. The molecule has 0 fully saturated rings. The molecule has 0 saturated heterocycles. The summed E-state index contributed by atoms with van der Waals surface area (Å²) in [6.07, 6.45) is 2.09. The van der Waals surface area contributed by atoms with Crippen LogP contribution in [0.1, 0.15) is 11.1 Å². The van der Waals surface area contributed by atoms with Crippen LogP contribution in [0.2, 0.25) is 0 Å². The fraction of sp³-hybridized carbons (Fsp3) is 0. The van der Waals surface area contributed by atoms with Crippen LogP contribution in [0.15, 0.2) is 35.1 Å². The highest BCUT2D eigenvalue weighted by molar-refractivity contribution is 7.86. The molecule has 0 amide bonds. The first-order chi connectivity index (χ1) is 8.11. The van der Waals surface area contributed by atoms with E-state index in [0.29, 0.717) is 0 Å². The van der Waals surface area contributed by atoms with Crippen LogP contribution < -0.4 is 0 Å². The number of hydrogen-bond donors (Lipinski definition) is 2. The van der Waals surface area contributed by atoms with Gasteiger partial charge in [-0.1, -0.05) is 25.3 Å². The quantitative estimate of drug-likeness (QED) is 0.813. The summed E-state index contributed by atoms with van der Waals surface area (Å²) >= 11 is 0. The zero-order valence-corrected chi connectivity index (χ0v) is 10.7. The minimum atomic E-state index is -4.54. The second-order valence-corrected chi connectivity index (χ2v) is 6.07. The third kappa shape index (κ3) is 2.85. The van der Waals surface area contributed by atoms with Crippen LogP contribution in [0.3, 0.4) is 0 Å². The highest BCUT2D eigenvalue weighted by Crippen LogP contribution is 2.26.